The van der Waals surface area contributed by atoms with Crippen LogP contribution in [0.25, 0.3) is 0 Å². The Morgan fingerprint density at radius 3 is 1.23 bits per heavy atom. The van der Waals surface area contributed by atoms with E-state index in [1.54, 1.807) is 0 Å². The summed E-state index contributed by atoms with van der Waals surface area (Å²) in [7, 11) is 4.01. The minimum atomic E-state index is -0.387. The highest BCUT2D eigenvalue weighted by Crippen LogP contribution is 2.17. The number of allylic oxidation sites excluding steroid dienone is 4. The molecule has 0 rings (SSSR count). The second-order valence-electron chi connectivity index (χ2n) is 18.9. The Morgan fingerprint density at radius 2 is 0.815 bits per heavy atom. The fourth-order valence-corrected chi connectivity index (χ4v) is 7.88. The van der Waals surface area contributed by atoms with E-state index in [0.717, 1.165) is 96.4 Å². The van der Waals surface area contributed by atoms with Crippen molar-refractivity contribution in [3.63, 3.8) is 0 Å². The molecule has 0 unspecified atom stereocenters. The van der Waals surface area contributed by atoms with E-state index in [1.165, 1.54) is 141 Å². The number of amides is 1. The Labute approximate surface area is 402 Å². The first kappa shape index (κ1) is 62.6. The van der Waals surface area contributed by atoms with E-state index in [1.807, 2.05) is 14.1 Å². The van der Waals surface area contributed by atoms with Gasteiger partial charge in [0, 0.05) is 25.9 Å². The zero-order valence-corrected chi connectivity index (χ0v) is 43.3. The normalized spacial score (nSPS) is 11.7. The second-order valence-corrected chi connectivity index (χ2v) is 18.9. The molecule has 0 radical (unpaired) electrons. The molecule has 0 aromatic carbocycles. The number of unbranched alkanes of at least 4 members (excludes halogenated alkanes) is 28. The number of rotatable bonds is 51. The van der Waals surface area contributed by atoms with Crippen LogP contribution in [-0.2, 0) is 28.5 Å². The molecule has 0 saturated carbocycles. The molecule has 65 heavy (non-hydrogen) atoms. The molecule has 0 heterocycles. The van der Waals surface area contributed by atoms with Gasteiger partial charge in [0.05, 0.1) is 26.4 Å². The van der Waals surface area contributed by atoms with Crippen LogP contribution in [0.5, 0.6) is 0 Å². The Balaban J connectivity index is 4.08. The van der Waals surface area contributed by atoms with Crippen molar-refractivity contribution in [3.05, 3.63) is 24.3 Å². The average molecular weight is 919 g/mol. The number of carbonyl (C=O) groups is 3. The summed E-state index contributed by atoms with van der Waals surface area (Å²) in [6.07, 6.45) is 51.7. The fraction of sp³-hybridized carbons (Fsp3) is 0.875. The number of hydrogen-bond donors (Lipinski definition) is 1. The summed E-state index contributed by atoms with van der Waals surface area (Å²) >= 11 is 0. The van der Waals surface area contributed by atoms with Crippen molar-refractivity contribution >= 4 is 18.0 Å². The van der Waals surface area contributed by atoms with Gasteiger partial charge in [-0.3, -0.25) is 9.59 Å². The van der Waals surface area contributed by atoms with Crippen molar-refractivity contribution in [2.75, 3.05) is 53.6 Å². The fourth-order valence-electron chi connectivity index (χ4n) is 7.88. The summed E-state index contributed by atoms with van der Waals surface area (Å²) in [5.41, 5.74) is 0. The summed E-state index contributed by atoms with van der Waals surface area (Å²) in [4.78, 5) is 39.1. The molecule has 0 aliphatic carbocycles. The number of nitrogens with zero attached hydrogens (tertiary/aromatic N) is 1. The van der Waals surface area contributed by atoms with Crippen molar-refractivity contribution in [1.29, 1.82) is 0 Å². The van der Waals surface area contributed by atoms with Gasteiger partial charge in [-0.2, -0.15) is 0 Å². The first-order chi connectivity index (χ1) is 31.9. The molecule has 0 aliphatic heterocycles. The van der Waals surface area contributed by atoms with Gasteiger partial charge in [0.25, 0.3) is 0 Å². The van der Waals surface area contributed by atoms with Crippen LogP contribution in [0, 0.1) is 0 Å². The highest BCUT2D eigenvalue weighted by molar-refractivity contribution is 5.69. The Morgan fingerprint density at radius 1 is 0.446 bits per heavy atom. The molecule has 9 nitrogen and oxygen atoms in total. The molecule has 0 saturated heterocycles. The molecule has 0 atom stereocenters. The van der Waals surface area contributed by atoms with Gasteiger partial charge in [0.2, 0.25) is 0 Å². The number of hydrogen-bond acceptors (Lipinski definition) is 8. The maximum atomic E-state index is 12.6. The maximum Gasteiger partial charge on any atom is 0.407 e. The highest BCUT2D eigenvalue weighted by atomic mass is 16.6. The molecule has 0 fully saturated rings. The minimum Gasteiger partial charge on any atom is -0.466 e. The van der Waals surface area contributed by atoms with Crippen molar-refractivity contribution in [2.45, 2.75) is 264 Å². The molecular weight excluding hydrogens is 813 g/mol. The number of alkyl carbamates (subject to hydrolysis) is 1. The second kappa shape index (κ2) is 52.6. The molecule has 0 aliphatic rings. The highest BCUT2D eigenvalue weighted by Gasteiger charge is 2.14. The smallest absolute Gasteiger partial charge is 0.407 e. The summed E-state index contributed by atoms with van der Waals surface area (Å²) in [6.45, 7) is 7.84. The number of esters is 2. The Kier molecular flexibility index (Phi) is 50.6. The van der Waals surface area contributed by atoms with Gasteiger partial charge in [0.15, 0.2) is 0 Å². The van der Waals surface area contributed by atoms with E-state index >= 15 is 0 Å². The van der Waals surface area contributed by atoms with Gasteiger partial charge in [0.1, 0.15) is 6.10 Å². The van der Waals surface area contributed by atoms with E-state index in [2.05, 4.69) is 48.4 Å². The predicted octanol–water partition coefficient (Wildman–Crippen LogP) is 15.7. The van der Waals surface area contributed by atoms with Crippen LogP contribution >= 0.6 is 0 Å². The van der Waals surface area contributed by atoms with Gasteiger partial charge in [-0.25, -0.2) is 4.79 Å². The molecule has 0 bridgehead atoms. The minimum absolute atomic E-state index is 0.0721. The van der Waals surface area contributed by atoms with Crippen molar-refractivity contribution in [1.82, 2.24) is 10.2 Å². The lowest BCUT2D eigenvalue weighted by atomic mass is 10.0. The summed E-state index contributed by atoms with van der Waals surface area (Å²) in [5, 5.41) is 2.84. The number of likely N-dealkylation sites (N-methyl/N-ethyl adjacent to an activating group) is 1. The van der Waals surface area contributed by atoms with Crippen molar-refractivity contribution < 1.29 is 33.3 Å². The Bertz CT molecular complexity index is 1010. The van der Waals surface area contributed by atoms with E-state index < -0.39 is 0 Å². The standard InChI is InChI=1S/C56H106N2O7/c1-5-7-9-11-13-15-17-19-21-23-25-27-29-31-39-45-54(59)63-49-41-35-33-37-43-53(65-56(61)57-47-51-62-52-48-58(3)4)44-38-34-36-42-50-64-55(60)46-40-32-30-28-26-24-22-20-18-16-14-12-10-8-6-2/h19-22,53H,5-18,23-52H2,1-4H3,(H,57,61)/b21-19-,22-20-. The zero-order valence-electron chi connectivity index (χ0n) is 43.3. The van der Waals surface area contributed by atoms with Gasteiger partial charge in [-0.05, 0) is 117 Å². The monoisotopic (exact) mass is 919 g/mol. The summed E-state index contributed by atoms with van der Waals surface area (Å²) < 4.78 is 22.5. The SMILES string of the molecule is CCCCCCCC/C=C\CCCCCCCC(=O)OCCCCCCC(CCCCCCOC(=O)CCCCCCC/C=C\CCCCCCCC)OC(=O)NCCOCCN(C)C. The zero-order chi connectivity index (χ0) is 47.4. The van der Waals surface area contributed by atoms with Crippen LogP contribution in [0.15, 0.2) is 24.3 Å². The molecule has 0 aromatic rings. The molecule has 9 heteroatoms. The lowest BCUT2D eigenvalue weighted by Gasteiger charge is -2.18. The molecule has 1 amide bonds. The molecule has 382 valence electrons. The molecule has 0 spiro atoms. The molecule has 0 aromatic heterocycles. The van der Waals surface area contributed by atoms with E-state index in [9.17, 15) is 14.4 Å². The Hall–Kier alpha value is -2.39. The molecule has 1 N–H and O–H groups in total. The van der Waals surface area contributed by atoms with Crippen LogP contribution in [-0.4, -0.2) is 82.6 Å². The van der Waals surface area contributed by atoms with Crippen LogP contribution in [0.4, 0.5) is 4.79 Å². The van der Waals surface area contributed by atoms with Gasteiger partial charge in [-0.1, -0.05) is 167 Å². The third kappa shape index (κ3) is 52.4. The number of carbonyl (C=O) groups excluding carboxylic acids is 3. The van der Waals surface area contributed by atoms with Crippen LogP contribution < -0.4 is 5.32 Å². The maximum absolute atomic E-state index is 12.6. The summed E-state index contributed by atoms with van der Waals surface area (Å²) in [5.74, 6) is -0.144. The average Bonchev–Trinajstić information content (AvgIpc) is 3.29. The van der Waals surface area contributed by atoms with Crippen LogP contribution in [0.1, 0.15) is 258 Å². The van der Waals surface area contributed by atoms with Gasteiger partial charge < -0.3 is 29.2 Å². The first-order valence-electron chi connectivity index (χ1n) is 27.7. The van der Waals surface area contributed by atoms with E-state index in [-0.39, 0.29) is 24.1 Å². The van der Waals surface area contributed by atoms with Gasteiger partial charge in [-0.15, -0.1) is 0 Å². The van der Waals surface area contributed by atoms with Crippen LogP contribution in [0.2, 0.25) is 0 Å². The van der Waals surface area contributed by atoms with E-state index in [4.69, 9.17) is 18.9 Å². The van der Waals surface area contributed by atoms with Crippen molar-refractivity contribution in [3.8, 4) is 0 Å². The first-order valence-corrected chi connectivity index (χ1v) is 27.7. The predicted molar refractivity (Wildman–Crippen MR) is 275 cm³/mol. The largest absolute Gasteiger partial charge is 0.466 e. The van der Waals surface area contributed by atoms with Crippen LogP contribution in [0.3, 0.4) is 0 Å². The third-order valence-electron chi connectivity index (χ3n) is 12.1. The quantitative estimate of drug-likeness (QED) is 0.0278. The third-order valence-corrected chi connectivity index (χ3v) is 12.1. The van der Waals surface area contributed by atoms with Crippen molar-refractivity contribution in [2.24, 2.45) is 0 Å². The summed E-state index contributed by atoms with van der Waals surface area (Å²) in [6, 6.07) is 0. The number of nitrogens with one attached hydrogen (secondary N) is 1. The lowest BCUT2D eigenvalue weighted by Crippen LogP contribution is -2.32. The van der Waals surface area contributed by atoms with E-state index in [0.29, 0.717) is 45.8 Å². The molecular formula is C56H106N2O7. The van der Waals surface area contributed by atoms with Gasteiger partial charge >= 0.3 is 18.0 Å². The topological polar surface area (TPSA) is 103 Å². The number of ether oxygens (including phenoxy) is 4. The lowest BCUT2D eigenvalue weighted by molar-refractivity contribution is -0.144.